The van der Waals surface area contributed by atoms with Gasteiger partial charge in [-0.15, -0.1) is 0 Å². The number of aryl methyl sites for hydroxylation is 1. The largest absolute Gasteiger partial charge is 0.488 e. The van der Waals surface area contributed by atoms with E-state index in [0.717, 1.165) is 36.4 Å². The number of aromatic nitrogens is 2. The lowest BCUT2D eigenvalue weighted by Gasteiger charge is -2.35. The lowest BCUT2D eigenvalue weighted by molar-refractivity contribution is -0.00110. The minimum Gasteiger partial charge on any atom is -0.488 e. The summed E-state index contributed by atoms with van der Waals surface area (Å²) in [5.74, 6) is 0.810. The summed E-state index contributed by atoms with van der Waals surface area (Å²) in [5, 5.41) is 18.3. The number of aliphatic hydroxyl groups excluding tert-OH is 1. The molecule has 118 valence electrons. The van der Waals surface area contributed by atoms with Crippen molar-refractivity contribution in [1.82, 2.24) is 9.78 Å². The molecule has 0 spiro atoms. The van der Waals surface area contributed by atoms with Gasteiger partial charge >= 0.3 is 0 Å². The number of para-hydroxylation sites is 1. The number of aliphatic hydroxyl groups is 1. The van der Waals surface area contributed by atoms with Crippen LogP contribution >= 0.6 is 0 Å². The van der Waals surface area contributed by atoms with Crippen LogP contribution in [0.4, 0.5) is 5.69 Å². The predicted molar refractivity (Wildman–Crippen MR) is 86.1 cm³/mol. The van der Waals surface area contributed by atoms with E-state index in [-0.39, 0.29) is 12.1 Å². The monoisotopic (exact) mass is 301 g/mol. The summed E-state index contributed by atoms with van der Waals surface area (Å²) in [7, 11) is 1.92. The van der Waals surface area contributed by atoms with Crippen LogP contribution < -0.4 is 10.1 Å². The van der Waals surface area contributed by atoms with Gasteiger partial charge in [0.15, 0.2) is 0 Å². The molecule has 3 rings (SSSR count). The maximum atomic E-state index is 10.6. The molecule has 0 unspecified atom stereocenters. The quantitative estimate of drug-likeness (QED) is 0.911. The Morgan fingerprint density at radius 3 is 2.73 bits per heavy atom. The molecule has 1 saturated carbocycles. The Kier molecular flexibility index (Phi) is 4.34. The third-order valence-corrected chi connectivity index (χ3v) is 4.40. The molecule has 0 radical (unpaired) electrons. The van der Waals surface area contributed by atoms with E-state index in [4.69, 9.17) is 4.74 Å². The lowest BCUT2D eigenvalue weighted by Crippen LogP contribution is -2.48. The predicted octanol–water partition coefficient (Wildman–Crippen LogP) is 2.50. The molecule has 0 saturated heterocycles. The van der Waals surface area contributed by atoms with E-state index < -0.39 is 6.10 Å². The Morgan fingerprint density at radius 2 is 2.05 bits per heavy atom. The van der Waals surface area contributed by atoms with Gasteiger partial charge in [0.25, 0.3) is 0 Å². The van der Waals surface area contributed by atoms with Crippen molar-refractivity contribution in [2.24, 2.45) is 7.05 Å². The zero-order valence-corrected chi connectivity index (χ0v) is 13.1. The molecule has 1 aromatic heterocycles. The second-order valence-electron chi connectivity index (χ2n) is 5.91. The summed E-state index contributed by atoms with van der Waals surface area (Å²) < 4.78 is 7.79. The van der Waals surface area contributed by atoms with E-state index in [0.29, 0.717) is 0 Å². The number of nitrogens with one attached hydrogen (secondary N) is 1. The number of anilines is 1. The van der Waals surface area contributed by atoms with Gasteiger partial charge in [-0.2, -0.15) is 5.10 Å². The molecule has 1 aliphatic rings. The molecule has 22 heavy (non-hydrogen) atoms. The molecule has 1 aliphatic carbocycles. The van der Waals surface area contributed by atoms with E-state index >= 15 is 0 Å². The SMILES string of the molecule is Cc1c(N[C@H]2CCC[C@@H](Oc3ccccc3)[C@@H]2O)cnn1C. The van der Waals surface area contributed by atoms with Crippen molar-refractivity contribution in [1.29, 1.82) is 0 Å². The molecule has 1 aromatic carbocycles. The first-order valence-corrected chi connectivity index (χ1v) is 7.80. The van der Waals surface area contributed by atoms with Gasteiger partial charge in [-0.05, 0) is 38.3 Å². The van der Waals surface area contributed by atoms with E-state index in [1.165, 1.54) is 0 Å². The molecular weight excluding hydrogens is 278 g/mol. The first-order chi connectivity index (χ1) is 10.6. The van der Waals surface area contributed by atoms with Gasteiger partial charge in [0.2, 0.25) is 0 Å². The van der Waals surface area contributed by atoms with Crippen molar-refractivity contribution in [2.75, 3.05) is 5.32 Å². The van der Waals surface area contributed by atoms with Crippen LogP contribution in [-0.2, 0) is 7.05 Å². The van der Waals surface area contributed by atoms with Crippen LogP contribution in [0.5, 0.6) is 5.75 Å². The molecular formula is C17H23N3O2. The number of rotatable bonds is 4. The maximum Gasteiger partial charge on any atom is 0.126 e. The number of nitrogens with zero attached hydrogens (tertiary/aromatic N) is 2. The molecule has 2 N–H and O–H groups in total. The van der Waals surface area contributed by atoms with Crippen LogP contribution in [0, 0.1) is 6.92 Å². The van der Waals surface area contributed by atoms with E-state index in [1.54, 1.807) is 0 Å². The number of ether oxygens (including phenoxy) is 1. The Bertz CT molecular complexity index is 612. The Hall–Kier alpha value is -2.01. The second-order valence-corrected chi connectivity index (χ2v) is 5.91. The topological polar surface area (TPSA) is 59.3 Å². The Morgan fingerprint density at radius 1 is 1.27 bits per heavy atom. The van der Waals surface area contributed by atoms with Crippen LogP contribution in [0.1, 0.15) is 25.0 Å². The minimum atomic E-state index is -0.534. The standard InChI is InChI=1S/C17H23N3O2/c1-12-15(11-18-20(12)2)19-14-9-6-10-16(17(14)21)22-13-7-4-3-5-8-13/h3-5,7-8,11,14,16-17,19,21H,6,9-10H2,1-2H3/t14-,16+,17+/m0/s1. The Balaban J connectivity index is 1.67. The molecule has 5 heteroatoms. The van der Waals surface area contributed by atoms with Crippen LogP contribution in [0.15, 0.2) is 36.5 Å². The van der Waals surface area contributed by atoms with Gasteiger partial charge in [0.1, 0.15) is 18.0 Å². The summed E-state index contributed by atoms with van der Waals surface area (Å²) in [6, 6.07) is 9.69. The van der Waals surface area contributed by atoms with E-state index in [1.807, 2.05) is 55.2 Å². The van der Waals surface area contributed by atoms with Gasteiger partial charge in [0, 0.05) is 7.05 Å². The third kappa shape index (κ3) is 3.09. The lowest BCUT2D eigenvalue weighted by atomic mass is 9.89. The first kappa shape index (κ1) is 14.9. The van der Waals surface area contributed by atoms with Crippen molar-refractivity contribution in [2.45, 2.75) is 44.4 Å². The fraction of sp³-hybridized carbons (Fsp3) is 0.471. The van der Waals surface area contributed by atoms with Gasteiger partial charge in [0.05, 0.1) is 23.6 Å². The van der Waals surface area contributed by atoms with Crippen molar-refractivity contribution < 1.29 is 9.84 Å². The third-order valence-electron chi connectivity index (χ3n) is 4.40. The van der Waals surface area contributed by atoms with Crippen LogP contribution in [-0.4, -0.2) is 33.1 Å². The average molecular weight is 301 g/mol. The van der Waals surface area contributed by atoms with Gasteiger partial charge in [-0.25, -0.2) is 0 Å². The molecule has 0 bridgehead atoms. The number of benzene rings is 1. The highest BCUT2D eigenvalue weighted by atomic mass is 16.5. The Labute approximate surface area is 130 Å². The molecule has 1 heterocycles. The summed E-state index contributed by atoms with van der Waals surface area (Å²) >= 11 is 0. The molecule has 0 aliphatic heterocycles. The normalized spacial score (nSPS) is 25.0. The zero-order valence-electron chi connectivity index (χ0n) is 13.1. The van der Waals surface area contributed by atoms with Crippen molar-refractivity contribution in [3.05, 3.63) is 42.2 Å². The fourth-order valence-electron chi connectivity index (χ4n) is 2.94. The highest BCUT2D eigenvalue weighted by Gasteiger charge is 2.33. The smallest absolute Gasteiger partial charge is 0.126 e. The number of hydrogen-bond acceptors (Lipinski definition) is 4. The highest BCUT2D eigenvalue weighted by Crippen LogP contribution is 2.27. The van der Waals surface area contributed by atoms with Crippen LogP contribution in [0.2, 0.25) is 0 Å². The van der Waals surface area contributed by atoms with Gasteiger partial charge in [-0.1, -0.05) is 18.2 Å². The summed E-state index contributed by atoms with van der Waals surface area (Å²) in [6.07, 6.45) is 3.94. The van der Waals surface area contributed by atoms with Gasteiger partial charge in [-0.3, -0.25) is 4.68 Å². The summed E-state index contributed by atoms with van der Waals surface area (Å²) in [6.45, 7) is 2.02. The molecule has 1 fully saturated rings. The zero-order chi connectivity index (χ0) is 15.5. The van der Waals surface area contributed by atoms with E-state index in [9.17, 15) is 5.11 Å². The molecule has 5 nitrogen and oxygen atoms in total. The number of hydrogen-bond donors (Lipinski definition) is 2. The minimum absolute atomic E-state index is 0.00892. The average Bonchev–Trinajstić information content (AvgIpc) is 2.84. The summed E-state index contributed by atoms with van der Waals surface area (Å²) in [4.78, 5) is 0. The van der Waals surface area contributed by atoms with Gasteiger partial charge < -0.3 is 15.2 Å². The van der Waals surface area contributed by atoms with E-state index in [2.05, 4.69) is 10.4 Å². The van der Waals surface area contributed by atoms with Crippen molar-refractivity contribution in [3.63, 3.8) is 0 Å². The molecule has 2 aromatic rings. The van der Waals surface area contributed by atoms with Crippen LogP contribution in [0.25, 0.3) is 0 Å². The van der Waals surface area contributed by atoms with Crippen molar-refractivity contribution in [3.8, 4) is 5.75 Å². The fourth-order valence-corrected chi connectivity index (χ4v) is 2.94. The summed E-state index contributed by atoms with van der Waals surface area (Å²) in [5.41, 5.74) is 2.05. The second kappa shape index (κ2) is 6.40. The highest BCUT2D eigenvalue weighted by molar-refractivity contribution is 5.47. The van der Waals surface area contributed by atoms with Crippen molar-refractivity contribution >= 4 is 5.69 Å². The first-order valence-electron chi connectivity index (χ1n) is 7.80. The van der Waals surface area contributed by atoms with Crippen LogP contribution in [0.3, 0.4) is 0 Å². The molecule has 0 amide bonds. The maximum absolute atomic E-state index is 10.6. The molecule has 3 atom stereocenters.